The second-order valence-corrected chi connectivity index (χ2v) is 5.89. The Morgan fingerprint density at radius 2 is 2.00 bits per heavy atom. The number of para-hydroxylation sites is 1. The van der Waals surface area contributed by atoms with Crippen LogP contribution >= 0.6 is 0 Å². The van der Waals surface area contributed by atoms with Gasteiger partial charge in [0.25, 0.3) is 0 Å². The van der Waals surface area contributed by atoms with Crippen molar-refractivity contribution in [2.75, 3.05) is 20.2 Å². The van der Waals surface area contributed by atoms with E-state index in [2.05, 4.69) is 54.6 Å². The van der Waals surface area contributed by atoms with Crippen LogP contribution in [0.15, 0.2) is 23.2 Å². The number of ether oxygens (including phenoxy) is 1. The highest BCUT2D eigenvalue weighted by molar-refractivity contribution is 5.80. The number of hydrogen-bond donors (Lipinski definition) is 2. The van der Waals surface area contributed by atoms with E-state index in [1.54, 1.807) is 0 Å². The van der Waals surface area contributed by atoms with Crippen molar-refractivity contribution in [2.45, 2.75) is 39.7 Å². The first-order chi connectivity index (χ1) is 10.1. The Kier molecular flexibility index (Phi) is 5.48. The summed E-state index contributed by atoms with van der Waals surface area (Å²) in [5.74, 6) is 2.69. The van der Waals surface area contributed by atoms with Crippen LogP contribution in [-0.2, 0) is 0 Å². The van der Waals surface area contributed by atoms with Crippen molar-refractivity contribution in [3.63, 3.8) is 0 Å². The molecule has 1 aliphatic carbocycles. The monoisotopic (exact) mass is 289 g/mol. The van der Waals surface area contributed by atoms with E-state index in [4.69, 9.17) is 4.74 Å². The average molecular weight is 289 g/mol. The molecule has 1 aromatic rings. The van der Waals surface area contributed by atoms with Gasteiger partial charge in [0.1, 0.15) is 5.75 Å². The number of benzene rings is 1. The van der Waals surface area contributed by atoms with E-state index < -0.39 is 0 Å². The maximum absolute atomic E-state index is 5.89. The number of hydrogen-bond acceptors (Lipinski definition) is 2. The lowest BCUT2D eigenvalue weighted by Gasteiger charge is -2.13. The number of nitrogens with one attached hydrogen (secondary N) is 2. The van der Waals surface area contributed by atoms with Gasteiger partial charge in [-0.15, -0.1) is 0 Å². The van der Waals surface area contributed by atoms with E-state index in [-0.39, 0.29) is 0 Å². The predicted octanol–water partition coefficient (Wildman–Crippen LogP) is 2.65. The van der Waals surface area contributed by atoms with Crippen LogP contribution in [0.5, 0.6) is 5.75 Å². The van der Waals surface area contributed by atoms with Crippen LogP contribution < -0.4 is 15.4 Å². The zero-order chi connectivity index (χ0) is 15.2. The Labute approximate surface area is 128 Å². The lowest BCUT2D eigenvalue weighted by Crippen LogP contribution is -2.39. The highest BCUT2D eigenvalue weighted by atomic mass is 16.5. The first-order valence-corrected chi connectivity index (χ1v) is 7.78. The second kappa shape index (κ2) is 7.34. The number of guanidine groups is 1. The average Bonchev–Trinajstić information content (AvgIpc) is 3.15. The van der Waals surface area contributed by atoms with Gasteiger partial charge in [-0.2, -0.15) is 0 Å². The molecule has 0 heterocycles. The van der Waals surface area contributed by atoms with E-state index in [1.165, 1.54) is 17.5 Å². The van der Waals surface area contributed by atoms with Crippen molar-refractivity contribution in [1.29, 1.82) is 0 Å². The molecule has 0 aromatic heterocycles. The molecule has 116 valence electrons. The highest BCUT2D eigenvalue weighted by Crippen LogP contribution is 2.28. The third kappa shape index (κ3) is 4.66. The van der Waals surface area contributed by atoms with Gasteiger partial charge < -0.3 is 15.4 Å². The summed E-state index contributed by atoms with van der Waals surface area (Å²) in [7, 11) is 1.82. The summed E-state index contributed by atoms with van der Waals surface area (Å²) < 4.78 is 5.89. The number of aliphatic imine (C=N–C) groups is 1. The van der Waals surface area contributed by atoms with Gasteiger partial charge in [0.05, 0.1) is 6.61 Å². The minimum Gasteiger partial charge on any atom is -0.493 e. The normalized spacial score (nSPS) is 21.0. The molecule has 2 N–H and O–H groups in total. The first-order valence-electron chi connectivity index (χ1n) is 7.78. The van der Waals surface area contributed by atoms with Crippen LogP contribution in [0.1, 0.15) is 30.9 Å². The fourth-order valence-corrected chi connectivity index (χ4v) is 2.37. The van der Waals surface area contributed by atoms with Gasteiger partial charge in [-0.25, -0.2) is 0 Å². The van der Waals surface area contributed by atoms with Crippen LogP contribution in [-0.4, -0.2) is 32.2 Å². The van der Waals surface area contributed by atoms with Gasteiger partial charge in [-0.1, -0.05) is 25.1 Å². The molecule has 0 bridgehead atoms. The molecule has 2 rings (SSSR count). The Morgan fingerprint density at radius 1 is 1.33 bits per heavy atom. The van der Waals surface area contributed by atoms with Gasteiger partial charge in [-0.05, 0) is 43.7 Å². The summed E-state index contributed by atoms with van der Waals surface area (Å²) in [4.78, 5) is 4.24. The molecule has 1 aliphatic rings. The van der Waals surface area contributed by atoms with E-state index in [9.17, 15) is 0 Å². The third-order valence-electron chi connectivity index (χ3n) is 3.92. The molecule has 0 saturated heterocycles. The number of rotatable bonds is 6. The Morgan fingerprint density at radius 3 is 2.57 bits per heavy atom. The van der Waals surface area contributed by atoms with Crippen LogP contribution in [0.4, 0.5) is 0 Å². The van der Waals surface area contributed by atoms with Crippen LogP contribution in [0.3, 0.4) is 0 Å². The summed E-state index contributed by atoms with van der Waals surface area (Å²) >= 11 is 0. The Balaban J connectivity index is 1.65. The molecule has 4 heteroatoms. The summed E-state index contributed by atoms with van der Waals surface area (Å²) in [5.41, 5.74) is 2.39. The first kappa shape index (κ1) is 15.7. The lowest BCUT2D eigenvalue weighted by molar-refractivity contribution is 0.307. The minimum absolute atomic E-state index is 0.599. The lowest BCUT2D eigenvalue weighted by atomic mass is 10.1. The zero-order valence-electron chi connectivity index (χ0n) is 13.6. The maximum Gasteiger partial charge on any atom is 0.191 e. The largest absolute Gasteiger partial charge is 0.493 e. The van der Waals surface area contributed by atoms with Crippen LogP contribution in [0.2, 0.25) is 0 Å². The quantitative estimate of drug-likeness (QED) is 0.481. The molecule has 0 spiro atoms. The van der Waals surface area contributed by atoms with Gasteiger partial charge in [0.15, 0.2) is 5.96 Å². The Hall–Kier alpha value is -1.71. The summed E-state index contributed by atoms with van der Waals surface area (Å²) in [6.07, 6.45) is 2.20. The fraction of sp³-hybridized carbons (Fsp3) is 0.588. The van der Waals surface area contributed by atoms with Crippen LogP contribution in [0, 0.1) is 19.8 Å². The molecule has 2 unspecified atom stereocenters. The molecule has 1 aromatic carbocycles. The van der Waals surface area contributed by atoms with Crippen molar-refractivity contribution >= 4 is 5.96 Å². The standard InChI is InChI=1S/C17H27N3O/c1-12-7-5-8-13(2)16(12)21-10-6-9-19-17(18-4)20-15-11-14(15)3/h5,7-8,14-15H,6,9-11H2,1-4H3,(H2,18,19,20). The Bertz CT molecular complexity index is 479. The number of aryl methyl sites for hydroxylation is 2. The molecule has 0 amide bonds. The van der Waals surface area contributed by atoms with Gasteiger partial charge in [0, 0.05) is 19.6 Å². The second-order valence-electron chi connectivity index (χ2n) is 5.89. The molecular weight excluding hydrogens is 262 g/mol. The van der Waals surface area contributed by atoms with E-state index in [1.807, 2.05) is 7.05 Å². The van der Waals surface area contributed by atoms with Crippen molar-refractivity contribution < 1.29 is 4.74 Å². The summed E-state index contributed by atoms with van der Waals surface area (Å²) in [6.45, 7) is 8.01. The van der Waals surface area contributed by atoms with E-state index >= 15 is 0 Å². The molecular formula is C17H27N3O. The summed E-state index contributed by atoms with van der Waals surface area (Å²) in [5, 5.41) is 6.75. The van der Waals surface area contributed by atoms with Crippen molar-refractivity contribution in [1.82, 2.24) is 10.6 Å². The predicted molar refractivity (Wildman–Crippen MR) is 88.1 cm³/mol. The molecule has 1 fully saturated rings. The van der Waals surface area contributed by atoms with Crippen molar-refractivity contribution in [3.05, 3.63) is 29.3 Å². The topological polar surface area (TPSA) is 45.7 Å². The molecule has 4 nitrogen and oxygen atoms in total. The van der Waals surface area contributed by atoms with Crippen LogP contribution in [0.25, 0.3) is 0 Å². The van der Waals surface area contributed by atoms with Crippen molar-refractivity contribution in [3.8, 4) is 5.75 Å². The minimum atomic E-state index is 0.599. The molecule has 0 radical (unpaired) electrons. The third-order valence-corrected chi connectivity index (χ3v) is 3.92. The number of nitrogens with zero attached hydrogens (tertiary/aromatic N) is 1. The van der Waals surface area contributed by atoms with E-state index in [0.29, 0.717) is 6.04 Å². The SMILES string of the molecule is CN=C(NCCCOc1c(C)cccc1C)NC1CC1C. The molecule has 0 aliphatic heterocycles. The molecule has 2 atom stereocenters. The van der Waals surface area contributed by atoms with Crippen molar-refractivity contribution in [2.24, 2.45) is 10.9 Å². The van der Waals surface area contributed by atoms with Gasteiger partial charge in [-0.3, -0.25) is 4.99 Å². The highest BCUT2D eigenvalue weighted by Gasteiger charge is 2.33. The summed E-state index contributed by atoms with van der Waals surface area (Å²) in [6, 6.07) is 6.84. The zero-order valence-corrected chi connectivity index (χ0v) is 13.6. The fourth-order valence-electron chi connectivity index (χ4n) is 2.37. The molecule has 1 saturated carbocycles. The maximum atomic E-state index is 5.89. The molecule has 21 heavy (non-hydrogen) atoms. The smallest absolute Gasteiger partial charge is 0.191 e. The van der Waals surface area contributed by atoms with Gasteiger partial charge >= 0.3 is 0 Å². The van der Waals surface area contributed by atoms with Gasteiger partial charge in [0.2, 0.25) is 0 Å². The van der Waals surface area contributed by atoms with E-state index in [0.717, 1.165) is 37.2 Å².